The predicted octanol–water partition coefficient (Wildman–Crippen LogP) is 4.07. The van der Waals surface area contributed by atoms with Crippen molar-refractivity contribution < 1.29 is 4.74 Å². The van der Waals surface area contributed by atoms with Gasteiger partial charge in [-0.1, -0.05) is 37.3 Å². The number of benzene rings is 2. The van der Waals surface area contributed by atoms with Gasteiger partial charge in [0.1, 0.15) is 0 Å². The Bertz CT molecular complexity index is 670. The molecular formula is C18H17O. The average Bonchev–Trinajstić information content (AvgIpc) is 2.75. The molecule has 4 rings (SSSR count). The summed E-state index contributed by atoms with van der Waals surface area (Å²) in [5.41, 5.74) is 9.99. The third-order valence-corrected chi connectivity index (χ3v) is 4.42. The lowest BCUT2D eigenvalue weighted by atomic mass is 9.73. The van der Waals surface area contributed by atoms with E-state index in [-0.39, 0.29) is 0 Å². The highest BCUT2D eigenvalue weighted by molar-refractivity contribution is 5.86. The zero-order chi connectivity index (χ0) is 13.0. The molecule has 0 aliphatic heterocycles. The highest BCUT2D eigenvalue weighted by atomic mass is 16.5. The normalized spacial score (nSPS) is 18.5. The van der Waals surface area contributed by atoms with Gasteiger partial charge in [-0.05, 0) is 51.3 Å². The summed E-state index contributed by atoms with van der Waals surface area (Å²) in [4.78, 5) is 0. The minimum absolute atomic E-state index is 0.700. The molecule has 1 heteroatoms. The van der Waals surface area contributed by atoms with Crippen molar-refractivity contribution >= 4 is 0 Å². The number of hydrogen-bond donors (Lipinski definition) is 0. The smallest absolute Gasteiger partial charge is 0.0719 e. The highest BCUT2D eigenvalue weighted by Gasteiger charge is 2.33. The molecule has 2 aromatic rings. The molecule has 0 N–H and O–H groups in total. The van der Waals surface area contributed by atoms with E-state index in [9.17, 15) is 0 Å². The molecule has 1 nitrogen and oxygen atoms in total. The first-order valence-corrected chi connectivity index (χ1v) is 6.91. The van der Waals surface area contributed by atoms with Crippen LogP contribution in [-0.4, -0.2) is 7.11 Å². The third kappa shape index (κ3) is 1.45. The Hall–Kier alpha value is -1.60. The van der Waals surface area contributed by atoms with Gasteiger partial charge >= 0.3 is 0 Å². The summed E-state index contributed by atoms with van der Waals surface area (Å²) in [6.07, 6.45) is 3.57. The van der Waals surface area contributed by atoms with Crippen molar-refractivity contribution in [3.05, 3.63) is 64.6 Å². The van der Waals surface area contributed by atoms with Crippen LogP contribution in [0.1, 0.15) is 40.7 Å². The lowest BCUT2D eigenvalue weighted by Crippen LogP contribution is -2.17. The molecule has 2 aromatic carbocycles. The monoisotopic (exact) mass is 249 g/mol. The Labute approximate surface area is 114 Å². The van der Waals surface area contributed by atoms with E-state index in [1.807, 2.05) is 0 Å². The first kappa shape index (κ1) is 11.2. The molecule has 0 aromatic heterocycles. The quantitative estimate of drug-likeness (QED) is 0.665. The Morgan fingerprint density at radius 2 is 2.11 bits per heavy atom. The van der Waals surface area contributed by atoms with E-state index in [4.69, 9.17) is 4.74 Å². The Morgan fingerprint density at radius 3 is 2.89 bits per heavy atom. The largest absolute Gasteiger partial charge is 0.380 e. The van der Waals surface area contributed by atoms with E-state index >= 15 is 0 Å². The Balaban J connectivity index is 1.99. The molecule has 1 radical (unpaired) electrons. The lowest BCUT2D eigenvalue weighted by Gasteiger charge is -2.31. The van der Waals surface area contributed by atoms with Gasteiger partial charge in [0.15, 0.2) is 0 Å². The van der Waals surface area contributed by atoms with Crippen LogP contribution in [0.5, 0.6) is 0 Å². The van der Waals surface area contributed by atoms with Crippen LogP contribution in [0.25, 0.3) is 11.1 Å². The first-order chi connectivity index (χ1) is 9.29. The zero-order valence-corrected chi connectivity index (χ0v) is 11.4. The second-order valence-electron chi connectivity index (χ2n) is 5.67. The van der Waals surface area contributed by atoms with Gasteiger partial charge in [-0.2, -0.15) is 0 Å². The van der Waals surface area contributed by atoms with Crippen molar-refractivity contribution in [1.82, 2.24) is 0 Å². The second-order valence-corrected chi connectivity index (χ2v) is 5.67. The molecular weight excluding hydrogens is 232 g/mol. The number of hydrogen-bond acceptors (Lipinski definition) is 1. The molecule has 0 fully saturated rings. The summed E-state index contributed by atoms with van der Waals surface area (Å²) in [6.45, 7) is 3.03. The van der Waals surface area contributed by atoms with Crippen molar-refractivity contribution in [2.24, 2.45) is 0 Å². The first-order valence-electron chi connectivity index (χ1n) is 6.91. The number of fused-ring (bicyclic) bond motifs is 5. The van der Waals surface area contributed by atoms with E-state index < -0.39 is 0 Å². The van der Waals surface area contributed by atoms with E-state index in [1.54, 1.807) is 12.7 Å². The van der Waals surface area contributed by atoms with E-state index in [1.165, 1.54) is 39.8 Å². The van der Waals surface area contributed by atoms with Gasteiger partial charge in [0, 0.05) is 13.5 Å². The fraction of sp³-hybridized carbons (Fsp3) is 0.278. The van der Waals surface area contributed by atoms with Crippen LogP contribution in [0.3, 0.4) is 0 Å². The summed E-state index contributed by atoms with van der Waals surface area (Å²) in [5.74, 6) is 0.700. The van der Waals surface area contributed by atoms with Crippen LogP contribution < -0.4 is 0 Å². The van der Waals surface area contributed by atoms with E-state index in [0.29, 0.717) is 12.5 Å². The van der Waals surface area contributed by atoms with Crippen molar-refractivity contribution in [1.29, 1.82) is 0 Å². The lowest BCUT2D eigenvalue weighted by molar-refractivity contribution is 0.185. The minimum Gasteiger partial charge on any atom is -0.380 e. The van der Waals surface area contributed by atoms with Crippen molar-refractivity contribution in [2.75, 3.05) is 7.11 Å². The molecule has 1 unspecified atom stereocenters. The molecule has 95 valence electrons. The number of rotatable bonds is 2. The Kier molecular flexibility index (Phi) is 2.33. The Morgan fingerprint density at radius 1 is 1.26 bits per heavy atom. The molecule has 0 saturated heterocycles. The van der Waals surface area contributed by atoms with Crippen molar-refractivity contribution in [2.45, 2.75) is 25.9 Å². The average molecular weight is 249 g/mol. The molecule has 0 amide bonds. The van der Waals surface area contributed by atoms with E-state index in [0.717, 1.165) is 0 Å². The molecule has 2 aliphatic rings. The fourth-order valence-electron chi connectivity index (χ4n) is 3.64. The van der Waals surface area contributed by atoms with Crippen LogP contribution in [0.2, 0.25) is 0 Å². The maximum atomic E-state index is 5.40. The van der Waals surface area contributed by atoms with E-state index in [2.05, 4.69) is 43.7 Å². The van der Waals surface area contributed by atoms with Gasteiger partial charge in [-0.25, -0.2) is 0 Å². The van der Waals surface area contributed by atoms with Crippen molar-refractivity contribution in [3.8, 4) is 11.1 Å². The molecule has 2 aliphatic carbocycles. The van der Waals surface area contributed by atoms with Gasteiger partial charge < -0.3 is 4.74 Å². The van der Waals surface area contributed by atoms with Crippen molar-refractivity contribution in [3.63, 3.8) is 0 Å². The summed E-state index contributed by atoms with van der Waals surface area (Å²) >= 11 is 0. The van der Waals surface area contributed by atoms with Gasteiger partial charge in [0.2, 0.25) is 0 Å². The van der Waals surface area contributed by atoms with Gasteiger partial charge in [-0.15, -0.1) is 0 Å². The second kappa shape index (κ2) is 3.94. The van der Waals surface area contributed by atoms with Crippen LogP contribution in [-0.2, 0) is 17.8 Å². The standard InChI is InChI=1S/C18H17O/c1-11-7-13-8-14(10-19-2)18-15-6-4-3-5-12(15)9-16(18)17(11)13/h3-6,8-9,11H,7,10H2,1-2H3. The van der Waals surface area contributed by atoms with Crippen LogP contribution in [0.4, 0.5) is 0 Å². The zero-order valence-electron chi connectivity index (χ0n) is 11.4. The van der Waals surface area contributed by atoms with Crippen LogP contribution in [0.15, 0.2) is 30.3 Å². The molecule has 0 spiro atoms. The summed E-state index contributed by atoms with van der Waals surface area (Å²) < 4.78 is 5.40. The van der Waals surface area contributed by atoms with Gasteiger partial charge in [-0.3, -0.25) is 0 Å². The summed E-state index contributed by atoms with van der Waals surface area (Å²) in [6, 6.07) is 11.0. The third-order valence-electron chi connectivity index (χ3n) is 4.42. The topological polar surface area (TPSA) is 9.23 Å². The molecule has 1 atom stereocenters. The maximum Gasteiger partial charge on any atom is 0.0719 e. The molecule has 0 bridgehead atoms. The van der Waals surface area contributed by atoms with Crippen LogP contribution >= 0.6 is 0 Å². The number of ether oxygens (including phenoxy) is 1. The number of methoxy groups -OCH3 is 1. The molecule has 19 heavy (non-hydrogen) atoms. The molecule has 0 heterocycles. The molecule has 0 saturated carbocycles. The van der Waals surface area contributed by atoms with Gasteiger partial charge in [0.05, 0.1) is 6.61 Å². The maximum absolute atomic E-state index is 5.40. The summed E-state index contributed by atoms with van der Waals surface area (Å²) in [5, 5.41) is 0. The van der Waals surface area contributed by atoms with Gasteiger partial charge in [0.25, 0.3) is 0 Å². The SMILES string of the molecule is COCc1cc2c(c3c1-c1ccccc1[CH]3)C(C)C2. The van der Waals surface area contributed by atoms with Crippen LogP contribution in [0, 0.1) is 6.42 Å². The summed E-state index contributed by atoms with van der Waals surface area (Å²) in [7, 11) is 1.78. The minimum atomic E-state index is 0.700. The predicted molar refractivity (Wildman–Crippen MR) is 77.2 cm³/mol. The fourth-order valence-corrected chi connectivity index (χ4v) is 3.64. The highest BCUT2D eigenvalue weighted by Crippen LogP contribution is 2.49.